The Labute approximate surface area is 141 Å². The topological polar surface area (TPSA) is 55.2 Å². The molecule has 1 aromatic carbocycles. The Kier molecular flexibility index (Phi) is 4.79. The fourth-order valence-corrected chi connectivity index (χ4v) is 3.18. The summed E-state index contributed by atoms with van der Waals surface area (Å²) in [6.45, 7) is 5.65. The van der Waals surface area contributed by atoms with Crippen LogP contribution in [0.4, 0.5) is 0 Å². The second-order valence-corrected chi connectivity index (χ2v) is 6.47. The molecular formula is C19H23N3O2. The van der Waals surface area contributed by atoms with E-state index < -0.39 is 0 Å². The molecule has 1 saturated heterocycles. The van der Waals surface area contributed by atoms with Gasteiger partial charge in [0.1, 0.15) is 6.54 Å². The summed E-state index contributed by atoms with van der Waals surface area (Å²) in [6, 6.07) is 9.34. The molecule has 1 aromatic heterocycles. The third-order valence-corrected chi connectivity index (χ3v) is 4.52. The smallest absolute Gasteiger partial charge is 0.267 e. The summed E-state index contributed by atoms with van der Waals surface area (Å²) in [7, 11) is 0. The number of carbonyl (C=O) groups is 1. The Bertz CT molecular complexity index is 804. The number of benzene rings is 1. The molecule has 0 radical (unpaired) electrons. The molecule has 24 heavy (non-hydrogen) atoms. The predicted octanol–water partition coefficient (Wildman–Crippen LogP) is 2.54. The molecule has 0 N–H and O–H groups in total. The lowest BCUT2D eigenvalue weighted by Crippen LogP contribution is -2.40. The highest BCUT2D eigenvalue weighted by Gasteiger charge is 2.18. The first-order valence-electron chi connectivity index (χ1n) is 8.48. The van der Waals surface area contributed by atoms with E-state index in [1.54, 1.807) is 6.07 Å². The Morgan fingerprint density at radius 3 is 2.54 bits per heavy atom. The second-order valence-electron chi connectivity index (χ2n) is 6.47. The van der Waals surface area contributed by atoms with Crippen LogP contribution in [0, 0.1) is 13.8 Å². The molecule has 126 valence electrons. The second kappa shape index (κ2) is 6.99. The van der Waals surface area contributed by atoms with Gasteiger partial charge < -0.3 is 4.90 Å². The molecule has 2 heterocycles. The van der Waals surface area contributed by atoms with E-state index in [9.17, 15) is 9.59 Å². The van der Waals surface area contributed by atoms with E-state index >= 15 is 0 Å². The van der Waals surface area contributed by atoms with Crippen molar-refractivity contribution < 1.29 is 4.79 Å². The summed E-state index contributed by atoms with van der Waals surface area (Å²) >= 11 is 0. The molecule has 0 aliphatic carbocycles. The van der Waals surface area contributed by atoms with Gasteiger partial charge in [0.2, 0.25) is 5.91 Å². The Morgan fingerprint density at radius 2 is 1.83 bits per heavy atom. The van der Waals surface area contributed by atoms with Crippen LogP contribution in [0.5, 0.6) is 0 Å². The summed E-state index contributed by atoms with van der Waals surface area (Å²) < 4.78 is 1.28. The van der Waals surface area contributed by atoms with Crippen molar-refractivity contribution in [3.05, 3.63) is 51.8 Å². The van der Waals surface area contributed by atoms with E-state index in [1.165, 1.54) is 22.7 Å². The summed E-state index contributed by atoms with van der Waals surface area (Å²) in [5.74, 6) is -0.0259. The van der Waals surface area contributed by atoms with Gasteiger partial charge in [0.25, 0.3) is 5.56 Å². The van der Waals surface area contributed by atoms with Crippen LogP contribution >= 0.6 is 0 Å². The fraction of sp³-hybridized carbons (Fsp3) is 0.421. The van der Waals surface area contributed by atoms with Gasteiger partial charge in [-0.15, -0.1) is 0 Å². The van der Waals surface area contributed by atoms with Crippen molar-refractivity contribution in [2.45, 2.75) is 39.7 Å². The van der Waals surface area contributed by atoms with E-state index in [2.05, 4.69) is 11.2 Å². The number of carbonyl (C=O) groups excluding carboxylic acids is 1. The van der Waals surface area contributed by atoms with Gasteiger partial charge in [0.15, 0.2) is 0 Å². The molecule has 0 atom stereocenters. The highest BCUT2D eigenvalue weighted by molar-refractivity contribution is 5.76. The van der Waals surface area contributed by atoms with Crippen molar-refractivity contribution >= 4 is 5.91 Å². The fourth-order valence-electron chi connectivity index (χ4n) is 3.18. The van der Waals surface area contributed by atoms with E-state index in [0.717, 1.165) is 42.8 Å². The molecule has 1 aliphatic heterocycles. The Balaban J connectivity index is 1.86. The van der Waals surface area contributed by atoms with Crippen LogP contribution in [0.15, 0.2) is 35.1 Å². The SMILES string of the molecule is Cc1ccc(-c2ccc(=O)n(CC(=O)N3CCCCC3)n2)c(C)c1. The molecular weight excluding hydrogens is 302 g/mol. The summed E-state index contributed by atoms with van der Waals surface area (Å²) in [4.78, 5) is 26.3. The highest BCUT2D eigenvalue weighted by Crippen LogP contribution is 2.21. The van der Waals surface area contributed by atoms with Crippen molar-refractivity contribution in [1.29, 1.82) is 0 Å². The maximum Gasteiger partial charge on any atom is 0.267 e. The predicted molar refractivity (Wildman–Crippen MR) is 93.8 cm³/mol. The normalized spacial score (nSPS) is 14.7. The number of rotatable bonds is 3. The lowest BCUT2D eigenvalue weighted by molar-refractivity contribution is -0.133. The maximum atomic E-state index is 12.4. The maximum absolute atomic E-state index is 12.4. The lowest BCUT2D eigenvalue weighted by atomic mass is 10.0. The number of piperidine rings is 1. The van der Waals surface area contributed by atoms with Crippen LogP contribution in [0.3, 0.4) is 0 Å². The van der Waals surface area contributed by atoms with Crippen LogP contribution in [0.2, 0.25) is 0 Å². The van der Waals surface area contributed by atoms with Crippen LogP contribution in [0.1, 0.15) is 30.4 Å². The van der Waals surface area contributed by atoms with Gasteiger partial charge in [-0.05, 0) is 44.7 Å². The zero-order chi connectivity index (χ0) is 17.1. The van der Waals surface area contributed by atoms with E-state index in [4.69, 9.17) is 0 Å². The average molecular weight is 325 g/mol. The number of nitrogens with zero attached hydrogens (tertiary/aromatic N) is 3. The quantitative estimate of drug-likeness (QED) is 0.871. The van der Waals surface area contributed by atoms with E-state index in [1.807, 2.05) is 30.9 Å². The molecule has 0 bridgehead atoms. The van der Waals surface area contributed by atoms with Crippen LogP contribution in [0.25, 0.3) is 11.3 Å². The number of hydrogen-bond donors (Lipinski definition) is 0. The van der Waals surface area contributed by atoms with Gasteiger partial charge in [0, 0.05) is 24.7 Å². The molecule has 3 rings (SSSR count). The number of hydrogen-bond acceptors (Lipinski definition) is 3. The molecule has 2 aromatic rings. The van der Waals surface area contributed by atoms with Gasteiger partial charge in [-0.3, -0.25) is 9.59 Å². The molecule has 1 fully saturated rings. The number of amides is 1. The first-order chi connectivity index (χ1) is 11.5. The Hall–Kier alpha value is -2.43. The highest BCUT2D eigenvalue weighted by atomic mass is 16.2. The zero-order valence-electron chi connectivity index (χ0n) is 14.3. The molecule has 5 heteroatoms. The van der Waals surface area contributed by atoms with Gasteiger partial charge in [-0.25, -0.2) is 4.68 Å². The first-order valence-corrected chi connectivity index (χ1v) is 8.48. The van der Waals surface area contributed by atoms with Crippen molar-refractivity contribution in [2.24, 2.45) is 0 Å². The summed E-state index contributed by atoms with van der Waals surface area (Å²) in [5, 5.41) is 4.42. The van der Waals surface area contributed by atoms with Crippen molar-refractivity contribution in [1.82, 2.24) is 14.7 Å². The minimum absolute atomic E-state index is 0.0115. The third-order valence-electron chi connectivity index (χ3n) is 4.52. The average Bonchev–Trinajstić information content (AvgIpc) is 2.58. The molecule has 1 aliphatic rings. The van der Waals surface area contributed by atoms with Crippen LogP contribution in [-0.4, -0.2) is 33.7 Å². The van der Waals surface area contributed by atoms with Gasteiger partial charge in [-0.1, -0.05) is 23.8 Å². The van der Waals surface area contributed by atoms with E-state index in [-0.39, 0.29) is 18.0 Å². The minimum Gasteiger partial charge on any atom is -0.341 e. The van der Waals surface area contributed by atoms with Crippen molar-refractivity contribution in [3.63, 3.8) is 0 Å². The minimum atomic E-state index is -0.242. The van der Waals surface area contributed by atoms with Crippen molar-refractivity contribution in [2.75, 3.05) is 13.1 Å². The first kappa shape index (κ1) is 16.4. The lowest BCUT2D eigenvalue weighted by Gasteiger charge is -2.26. The number of likely N-dealkylation sites (tertiary alicyclic amines) is 1. The van der Waals surface area contributed by atoms with Crippen LogP contribution < -0.4 is 5.56 Å². The molecule has 0 unspecified atom stereocenters. The molecule has 0 saturated carbocycles. The van der Waals surface area contributed by atoms with Crippen molar-refractivity contribution in [3.8, 4) is 11.3 Å². The molecule has 5 nitrogen and oxygen atoms in total. The van der Waals surface area contributed by atoms with Gasteiger partial charge >= 0.3 is 0 Å². The molecule has 0 spiro atoms. The Morgan fingerprint density at radius 1 is 1.08 bits per heavy atom. The van der Waals surface area contributed by atoms with Crippen LogP contribution in [-0.2, 0) is 11.3 Å². The van der Waals surface area contributed by atoms with E-state index in [0.29, 0.717) is 0 Å². The number of aryl methyl sites for hydroxylation is 2. The standard InChI is InChI=1S/C19H23N3O2/c1-14-6-7-16(15(2)12-14)17-8-9-18(23)22(20-17)13-19(24)21-10-4-3-5-11-21/h6-9,12H,3-5,10-11,13H2,1-2H3. The summed E-state index contributed by atoms with van der Waals surface area (Å²) in [6.07, 6.45) is 3.25. The zero-order valence-corrected chi connectivity index (χ0v) is 14.3. The monoisotopic (exact) mass is 325 g/mol. The summed E-state index contributed by atoms with van der Waals surface area (Å²) in [5.41, 5.74) is 3.76. The number of aromatic nitrogens is 2. The van der Waals surface area contributed by atoms with Gasteiger partial charge in [-0.2, -0.15) is 5.10 Å². The molecule has 1 amide bonds. The van der Waals surface area contributed by atoms with Gasteiger partial charge in [0.05, 0.1) is 5.69 Å². The third kappa shape index (κ3) is 3.55. The largest absolute Gasteiger partial charge is 0.341 e.